The molecule has 0 unspecified atom stereocenters. The van der Waals surface area contributed by atoms with Crippen LogP contribution in [0.3, 0.4) is 0 Å². The number of carbonyl (C=O) groups excluding carboxylic acids is 1. The van der Waals surface area contributed by atoms with Gasteiger partial charge in [-0.2, -0.15) is 0 Å². The molecule has 1 heterocycles. The number of nitrogens with zero attached hydrogens (tertiary/aromatic N) is 1. The fourth-order valence-electron chi connectivity index (χ4n) is 1.89. The lowest BCUT2D eigenvalue weighted by Gasteiger charge is -2.06. The first kappa shape index (κ1) is 18.6. The molecule has 2 N–H and O–H groups in total. The fourth-order valence-corrected chi connectivity index (χ4v) is 2.70. The van der Waals surface area contributed by atoms with Gasteiger partial charge in [-0.25, -0.2) is 18.1 Å². The Morgan fingerprint density at radius 1 is 1.20 bits per heavy atom. The summed E-state index contributed by atoms with van der Waals surface area (Å²) in [6, 6.07) is 12.3. The second-order valence-electron chi connectivity index (χ2n) is 5.04. The second kappa shape index (κ2) is 8.95. The number of amides is 1. The first-order chi connectivity index (χ1) is 12.0. The van der Waals surface area contributed by atoms with Crippen molar-refractivity contribution >= 4 is 27.7 Å². The maximum atomic E-state index is 11.9. The van der Waals surface area contributed by atoms with Gasteiger partial charge >= 0.3 is 0 Å². The Bertz CT molecular complexity index is 819. The Labute approximate surface area is 146 Å². The first-order valence-electron chi connectivity index (χ1n) is 7.51. The Morgan fingerprint density at radius 2 is 1.96 bits per heavy atom. The number of anilines is 1. The number of sulfonamides is 1. The van der Waals surface area contributed by atoms with Gasteiger partial charge in [0.2, 0.25) is 21.8 Å². The Kier molecular flexibility index (Phi) is 6.67. The van der Waals surface area contributed by atoms with Crippen LogP contribution in [0.2, 0.25) is 0 Å². The van der Waals surface area contributed by atoms with E-state index in [0.29, 0.717) is 11.6 Å². The van der Waals surface area contributed by atoms with E-state index in [2.05, 4.69) is 15.0 Å². The predicted molar refractivity (Wildman–Crippen MR) is 96.4 cm³/mol. The van der Waals surface area contributed by atoms with Gasteiger partial charge in [0, 0.05) is 24.4 Å². The molecule has 132 valence electrons. The average molecular weight is 361 g/mol. The molecule has 7 nitrogen and oxygen atoms in total. The molecule has 8 heteroatoms. The van der Waals surface area contributed by atoms with Gasteiger partial charge in [0.1, 0.15) is 0 Å². The van der Waals surface area contributed by atoms with Crippen molar-refractivity contribution in [1.82, 2.24) is 9.71 Å². The molecule has 2 aromatic rings. The SMILES string of the molecule is COc1ccc(NC(=O)CCNS(=O)(=O)C=Cc2ccccc2)cn1. The van der Waals surface area contributed by atoms with Crippen molar-refractivity contribution in [3.8, 4) is 5.88 Å². The van der Waals surface area contributed by atoms with E-state index in [1.165, 1.54) is 19.4 Å². The molecular formula is C17H19N3O4S. The highest BCUT2D eigenvalue weighted by atomic mass is 32.2. The maximum Gasteiger partial charge on any atom is 0.233 e. The summed E-state index contributed by atoms with van der Waals surface area (Å²) in [6.07, 6.45) is 2.96. The van der Waals surface area contributed by atoms with Crippen LogP contribution in [0, 0.1) is 0 Å². The van der Waals surface area contributed by atoms with Gasteiger partial charge in [-0.15, -0.1) is 0 Å². The van der Waals surface area contributed by atoms with Gasteiger partial charge < -0.3 is 10.1 Å². The average Bonchev–Trinajstić information content (AvgIpc) is 2.61. The molecule has 1 amide bonds. The molecule has 0 radical (unpaired) electrons. The Hall–Kier alpha value is -2.71. The third-order valence-corrected chi connectivity index (χ3v) is 4.22. The summed E-state index contributed by atoms with van der Waals surface area (Å²) in [5, 5.41) is 3.70. The minimum absolute atomic E-state index is 0.00310. The molecule has 0 atom stereocenters. The minimum atomic E-state index is -3.60. The van der Waals surface area contributed by atoms with Crippen molar-refractivity contribution in [3.05, 3.63) is 59.6 Å². The van der Waals surface area contributed by atoms with Crippen molar-refractivity contribution in [3.63, 3.8) is 0 Å². The molecule has 0 aliphatic heterocycles. The number of carbonyl (C=O) groups is 1. The minimum Gasteiger partial charge on any atom is -0.481 e. The summed E-state index contributed by atoms with van der Waals surface area (Å²) in [4.78, 5) is 15.8. The summed E-state index contributed by atoms with van der Waals surface area (Å²) < 4.78 is 31.0. The van der Waals surface area contributed by atoms with E-state index in [4.69, 9.17) is 4.74 Å². The number of rotatable bonds is 8. The standard InChI is InChI=1S/C17H19N3O4S/c1-24-17-8-7-15(13-18-17)20-16(21)9-11-19-25(22,23)12-10-14-5-3-2-4-6-14/h2-8,10,12-13,19H,9,11H2,1H3,(H,20,21). The lowest BCUT2D eigenvalue weighted by atomic mass is 10.2. The van der Waals surface area contributed by atoms with E-state index in [1.54, 1.807) is 24.3 Å². The zero-order valence-electron chi connectivity index (χ0n) is 13.7. The number of ether oxygens (including phenoxy) is 1. The van der Waals surface area contributed by atoms with Crippen LogP contribution >= 0.6 is 0 Å². The highest BCUT2D eigenvalue weighted by Crippen LogP contribution is 2.11. The van der Waals surface area contributed by atoms with Crippen molar-refractivity contribution in [1.29, 1.82) is 0 Å². The third-order valence-electron chi connectivity index (χ3n) is 3.12. The van der Waals surface area contributed by atoms with Crippen LogP contribution in [0.5, 0.6) is 5.88 Å². The van der Waals surface area contributed by atoms with E-state index in [-0.39, 0.29) is 18.9 Å². The molecule has 25 heavy (non-hydrogen) atoms. The van der Waals surface area contributed by atoms with E-state index in [1.807, 2.05) is 18.2 Å². The first-order valence-corrected chi connectivity index (χ1v) is 9.06. The van der Waals surface area contributed by atoms with Crippen LogP contribution in [-0.2, 0) is 14.8 Å². The van der Waals surface area contributed by atoms with Crippen LogP contribution in [-0.4, -0.2) is 33.0 Å². The topological polar surface area (TPSA) is 97.4 Å². The number of pyridine rings is 1. The number of nitrogens with one attached hydrogen (secondary N) is 2. The molecule has 0 spiro atoms. The van der Waals surface area contributed by atoms with Gasteiger partial charge in [0.05, 0.1) is 19.0 Å². The fraction of sp³-hybridized carbons (Fsp3) is 0.176. The van der Waals surface area contributed by atoms with Crippen molar-refractivity contribution in [2.24, 2.45) is 0 Å². The van der Waals surface area contributed by atoms with Crippen LogP contribution < -0.4 is 14.8 Å². The molecule has 0 saturated carbocycles. The van der Waals surface area contributed by atoms with Gasteiger partial charge in [-0.05, 0) is 17.7 Å². The number of hydrogen-bond donors (Lipinski definition) is 2. The molecular weight excluding hydrogens is 342 g/mol. The molecule has 0 fully saturated rings. The highest BCUT2D eigenvalue weighted by molar-refractivity contribution is 7.92. The Morgan fingerprint density at radius 3 is 2.60 bits per heavy atom. The summed E-state index contributed by atoms with van der Waals surface area (Å²) in [5.41, 5.74) is 1.29. The molecule has 1 aromatic heterocycles. The molecule has 0 saturated heterocycles. The second-order valence-corrected chi connectivity index (χ2v) is 6.69. The summed E-state index contributed by atoms with van der Waals surface area (Å²) >= 11 is 0. The lowest BCUT2D eigenvalue weighted by molar-refractivity contribution is -0.116. The van der Waals surface area contributed by atoms with Gasteiger partial charge in [-0.1, -0.05) is 30.3 Å². The largest absolute Gasteiger partial charge is 0.481 e. The Balaban J connectivity index is 1.78. The van der Waals surface area contributed by atoms with E-state index in [9.17, 15) is 13.2 Å². The lowest BCUT2D eigenvalue weighted by Crippen LogP contribution is -2.26. The third kappa shape index (κ3) is 6.74. The number of hydrogen-bond acceptors (Lipinski definition) is 5. The number of methoxy groups -OCH3 is 1. The molecule has 0 bridgehead atoms. The zero-order chi connectivity index (χ0) is 18.1. The summed E-state index contributed by atoms with van der Waals surface area (Å²) in [7, 11) is -2.10. The predicted octanol–water partition coefficient (Wildman–Crippen LogP) is 2.01. The van der Waals surface area contributed by atoms with Crippen molar-refractivity contribution in [2.45, 2.75) is 6.42 Å². The quantitative estimate of drug-likeness (QED) is 0.750. The van der Waals surface area contributed by atoms with Crippen LogP contribution in [0.4, 0.5) is 5.69 Å². The highest BCUT2D eigenvalue weighted by Gasteiger charge is 2.08. The monoisotopic (exact) mass is 361 g/mol. The van der Waals surface area contributed by atoms with Crippen LogP contribution in [0.25, 0.3) is 6.08 Å². The zero-order valence-corrected chi connectivity index (χ0v) is 14.5. The van der Waals surface area contributed by atoms with Crippen LogP contribution in [0.15, 0.2) is 54.1 Å². The van der Waals surface area contributed by atoms with Gasteiger partial charge in [0.25, 0.3) is 0 Å². The molecule has 2 rings (SSSR count). The smallest absolute Gasteiger partial charge is 0.233 e. The van der Waals surface area contributed by atoms with Crippen molar-refractivity contribution in [2.75, 3.05) is 19.0 Å². The maximum absolute atomic E-state index is 11.9. The van der Waals surface area contributed by atoms with E-state index >= 15 is 0 Å². The molecule has 0 aliphatic rings. The summed E-state index contributed by atoms with van der Waals surface area (Å²) in [6.45, 7) is -0.00310. The molecule has 0 aliphatic carbocycles. The van der Waals surface area contributed by atoms with Gasteiger partial charge in [-0.3, -0.25) is 4.79 Å². The van der Waals surface area contributed by atoms with Crippen LogP contribution in [0.1, 0.15) is 12.0 Å². The normalized spacial score (nSPS) is 11.4. The van der Waals surface area contributed by atoms with Gasteiger partial charge in [0.15, 0.2) is 0 Å². The molecule has 1 aromatic carbocycles. The number of benzene rings is 1. The van der Waals surface area contributed by atoms with E-state index in [0.717, 1.165) is 11.0 Å². The van der Waals surface area contributed by atoms with E-state index < -0.39 is 10.0 Å². The summed E-state index contributed by atoms with van der Waals surface area (Å²) in [5.74, 6) is 0.123. The number of aromatic nitrogens is 1. The van der Waals surface area contributed by atoms with Crippen molar-refractivity contribution < 1.29 is 17.9 Å².